The zero-order valence-electron chi connectivity index (χ0n) is 16.2. The third-order valence-corrected chi connectivity index (χ3v) is 5.70. The topological polar surface area (TPSA) is 49.0 Å². The van der Waals surface area contributed by atoms with E-state index in [4.69, 9.17) is 18.9 Å². The molecule has 2 aliphatic heterocycles. The minimum atomic E-state index is -0.521. The summed E-state index contributed by atoms with van der Waals surface area (Å²) >= 11 is 0. The number of halogens is 1. The molecule has 1 N–H and O–H groups in total. The maximum atomic E-state index is 13.4. The molecule has 2 aliphatic rings. The first-order valence-corrected chi connectivity index (χ1v) is 9.58. The zero-order valence-corrected chi connectivity index (χ0v) is 16.2. The molecule has 0 aliphatic carbocycles. The van der Waals surface area contributed by atoms with Gasteiger partial charge < -0.3 is 24.3 Å². The molecule has 0 aromatic heterocycles. The molecule has 5 nitrogen and oxygen atoms in total. The summed E-state index contributed by atoms with van der Waals surface area (Å²) in [6.07, 6.45) is 0.769. The third-order valence-electron chi connectivity index (χ3n) is 5.70. The number of hydrogen-bond donors (Lipinski definition) is 1. The SMILES string of the molecule is COc1ccc(OC)c([C@H]2COCC3(C2)OCCN[C@H]3c2ccc(F)cc2)c1. The Morgan fingerprint density at radius 3 is 2.68 bits per heavy atom. The number of methoxy groups -OCH3 is 2. The van der Waals surface area contributed by atoms with Crippen molar-refractivity contribution in [1.82, 2.24) is 5.32 Å². The van der Waals surface area contributed by atoms with Crippen LogP contribution in [0.15, 0.2) is 42.5 Å². The Hall–Kier alpha value is -2.15. The lowest BCUT2D eigenvalue weighted by Gasteiger charge is -2.48. The van der Waals surface area contributed by atoms with E-state index in [1.165, 1.54) is 12.1 Å². The summed E-state index contributed by atoms with van der Waals surface area (Å²) in [5, 5.41) is 3.56. The van der Waals surface area contributed by atoms with E-state index in [1.54, 1.807) is 14.2 Å². The van der Waals surface area contributed by atoms with Crippen LogP contribution in [0.2, 0.25) is 0 Å². The molecule has 2 saturated heterocycles. The molecule has 0 bridgehead atoms. The third kappa shape index (κ3) is 3.60. The van der Waals surface area contributed by atoms with Crippen LogP contribution in [0.3, 0.4) is 0 Å². The van der Waals surface area contributed by atoms with Gasteiger partial charge in [0.25, 0.3) is 0 Å². The predicted octanol–water partition coefficient (Wildman–Crippen LogP) is 3.45. The highest BCUT2D eigenvalue weighted by molar-refractivity contribution is 5.43. The Labute approximate surface area is 164 Å². The van der Waals surface area contributed by atoms with Crippen LogP contribution < -0.4 is 14.8 Å². The minimum absolute atomic E-state index is 0.0683. The fraction of sp³-hybridized carbons (Fsp3) is 0.455. The standard InChI is InChI=1S/C22H26FNO4/c1-25-18-7-8-20(26-2)19(11-18)16-12-22(14-27-13-16)21(24-9-10-28-22)15-3-5-17(23)6-4-15/h3-8,11,16,21,24H,9-10,12-14H2,1-2H3/t16-,21+,22?/m1/s1. The monoisotopic (exact) mass is 387 g/mol. The van der Waals surface area contributed by atoms with Crippen LogP contribution in [0.25, 0.3) is 0 Å². The second-order valence-corrected chi connectivity index (χ2v) is 7.38. The Morgan fingerprint density at radius 1 is 1.11 bits per heavy atom. The second-order valence-electron chi connectivity index (χ2n) is 7.38. The van der Waals surface area contributed by atoms with Crippen LogP contribution >= 0.6 is 0 Å². The fourth-order valence-corrected chi connectivity index (χ4v) is 4.37. The summed E-state index contributed by atoms with van der Waals surface area (Å²) in [4.78, 5) is 0. The Balaban J connectivity index is 1.67. The van der Waals surface area contributed by atoms with Crippen LogP contribution in [-0.4, -0.2) is 46.2 Å². The van der Waals surface area contributed by atoms with Gasteiger partial charge in [0.1, 0.15) is 22.9 Å². The van der Waals surface area contributed by atoms with Gasteiger partial charge >= 0.3 is 0 Å². The van der Waals surface area contributed by atoms with Crippen molar-refractivity contribution in [2.45, 2.75) is 24.0 Å². The van der Waals surface area contributed by atoms with Gasteiger partial charge in [-0.15, -0.1) is 0 Å². The van der Waals surface area contributed by atoms with E-state index >= 15 is 0 Å². The molecule has 0 amide bonds. The van der Waals surface area contributed by atoms with Crippen molar-refractivity contribution >= 4 is 0 Å². The van der Waals surface area contributed by atoms with Crippen molar-refractivity contribution in [1.29, 1.82) is 0 Å². The number of benzene rings is 2. The molecular weight excluding hydrogens is 361 g/mol. The largest absolute Gasteiger partial charge is 0.497 e. The van der Waals surface area contributed by atoms with Crippen LogP contribution in [0.4, 0.5) is 4.39 Å². The van der Waals surface area contributed by atoms with Gasteiger partial charge in [-0.2, -0.15) is 0 Å². The van der Waals surface area contributed by atoms with Gasteiger partial charge in [-0.3, -0.25) is 0 Å². The average molecular weight is 387 g/mol. The van der Waals surface area contributed by atoms with Crippen molar-refractivity contribution in [3.05, 3.63) is 59.4 Å². The fourth-order valence-electron chi connectivity index (χ4n) is 4.37. The number of nitrogens with one attached hydrogen (secondary N) is 1. The molecule has 3 atom stereocenters. The summed E-state index contributed by atoms with van der Waals surface area (Å²) in [7, 11) is 3.33. The molecule has 2 aromatic rings. The molecule has 2 heterocycles. The van der Waals surface area contributed by atoms with E-state index in [9.17, 15) is 4.39 Å². The predicted molar refractivity (Wildman–Crippen MR) is 104 cm³/mol. The lowest BCUT2D eigenvalue weighted by molar-refractivity contribution is -0.171. The van der Waals surface area contributed by atoms with E-state index in [-0.39, 0.29) is 17.8 Å². The molecule has 28 heavy (non-hydrogen) atoms. The van der Waals surface area contributed by atoms with Gasteiger partial charge in [0.2, 0.25) is 0 Å². The highest BCUT2D eigenvalue weighted by atomic mass is 19.1. The summed E-state index contributed by atoms with van der Waals surface area (Å²) in [6.45, 7) is 2.44. The molecule has 1 spiro atoms. The summed E-state index contributed by atoms with van der Waals surface area (Å²) in [5.74, 6) is 1.46. The molecule has 2 fully saturated rings. The van der Waals surface area contributed by atoms with Gasteiger partial charge in [0, 0.05) is 18.0 Å². The molecule has 0 radical (unpaired) electrons. The molecule has 1 unspecified atom stereocenters. The van der Waals surface area contributed by atoms with Gasteiger partial charge in [0.15, 0.2) is 0 Å². The van der Waals surface area contributed by atoms with Gasteiger partial charge in [0.05, 0.1) is 40.1 Å². The maximum Gasteiger partial charge on any atom is 0.123 e. The zero-order chi connectivity index (χ0) is 19.6. The van der Waals surface area contributed by atoms with Crippen LogP contribution in [-0.2, 0) is 9.47 Å². The first-order chi connectivity index (χ1) is 13.6. The number of rotatable bonds is 4. The minimum Gasteiger partial charge on any atom is -0.497 e. The molecule has 6 heteroatoms. The first-order valence-electron chi connectivity index (χ1n) is 9.58. The van der Waals surface area contributed by atoms with E-state index in [1.807, 2.05) is 30.3 Å². The Bertz CT molecular complexity index is 809. The highest BCUT2D eigenvalue weighted by Crippen LogP contribution is 2.45. The molecular formula is C22H26FNO4. The molecule has 150 valence electrons. The van der Waals surface area contributed by atoms with E-state index in [0.29, 0.717) is 19.8 Å². The Morgan fingerprint density at radius 2 is 1.93 bits per heavy atom. The molecule has 4 rings (SSSR count). The van der Waals surface area contributed by atoms with Crippen LogP contribution in [0, 0.1) is 5.82 Å². The van der Waals surface area contributed by atoms with E-state index < -0.39 is 5.60 Å². The quantitative estimate of drug-likeness (QED) is 0.871. The van der Waals surface area contributed by atoms with E-state index in [0.717, 1.165) is 35.6 Å². The summed E-state index contributed by atoms with van der Waals surface area (Å²) in [6, 6.07) is 12.4. The number of ether oxygens (including phenoxy) is 4. The smallest absolute Gasteiger partial charge is 0.123 e. The van der Waals surface area contributed by atoms with Gasteiger partial charge in [-0.05, 0) is 42.3 Å². The van der Waals surface area contributed by atoms with E-state index in [2.05, 4.69) is 5.32 Å². The summed E-state index contributed by atoms with van der Waals surface area (Å²) in [5.41, 5.74) is 1.53. The lowest BCUT2D eigenvalue weighted by atomic mass is 9.77. The number of hydrogen-bond acceptors (Lipinski definition) is 5. The van der Waals surface area contributed by atoms with Crippen LogP contribution in [0.5, 0.6) is 11.5 Å². The molecule has 0 saturated carbocycles. The van der Waals surface area contributed by atoms with Crippen molar-refractivity contribution < 1.29 is 23.3 Å². The summed E-state index contributed by atoms with van der Waals surface area (Å²) < 4.78 is 36.8. The second kappa shape index (κ2) is 8.07. The normalized spacial score (nSPS) is 27.5. The Kier molecular flexibility index (Phi) is 5.53. The van der Waals surface area contributed by atoms with Crippen LogP contribution in [0.1, 0.15) is 29.5 Å². The van der Waals surface area contributed by atoms with Crippen molar-refractivity contribution in [2.24, 2.45) is 0 Å². The number of morpholine rings is 1. The highest BCUT2D eigenvalue weighted by Gasteiger charge is 2.48. The lowest BCUT2D eigenvalue weighted by Crippen LogP contribution is -2.57. The van der Waals surface area contributed by atoms with Crippen molar-refractivity contribution in [3.63, 3.8) is 0 Å². The average Bonchev–Trinajstić information content (AvgIpc) is 2.74. The van der Waals surface area contributed by atoms with Gasteiger partial charge in [-0.1, -0.05) is 12.1 Å². The van der Waals surface area contributed by atoms with Gasteiger partial charge in [-0.25, -0.2) is 4.39 Å². The molecule has 2 aromatic carbocycles. The van der Waals surface area contributed by atoms with Crippen molar-refractivity contribution in [2.75, 3.05) is 40.6 Å². The van der Waals surface area contributed by atoms with Crippen molar-refractivity contribution in [3.8, 4) is 11.5 Å². The first kappa shape index (κ1) is 19.2. The maximum absolute atomic E-state index is 13.4.